The Morgan fingerprint density at radius 1 is 1.05 bits per heavy atom. The molecule has 0 saturated carbocycles. The summed E-state index contributed by atoms with van der Waals surface area (Å²) in [6, 6.07) is 9.04. The van der Waals surface area contributed by atoms with Crippen molar-refractivity contribution in [3.63, 3.8) is 0 Å². The number of fused-ring (bicyclic) bond motifs is 1. The lowest BCUT2D eigenvalue weighted by Gasteiger charge is -2.06. The Morgan fingerprint density at radius 2 is 1.85 bits per heavy atom. The van der Waals surface area contributed by atoms with E-state index in [0.29, 0.717) is 10.6 Å². The minimum atomic E-state index is -0.268. The summed E-state index contributed by atoms with van der Waals surface area (Å²) >= 11 is 11.8. The molecule has 0 aliphatic heterocycles. The smallest absolute Gasteiger partial charge is 0.215 e. The molecule has 0 amide bonds. The van der Waals surface area contributed by atoms with Crippen LogP contribution in [0.5, 0.6) is 0 Å². The van der Waals surface area contributed by atoms with Crippen molar-refractivity contribution in [2.75, 3.05) is 0 Å². The van der Waals surface area contributed by atoms with Gasteiger partial charge in [-0.15, -0.1) is 0 Å². The van der Waals surface area contributed by atoms with Crippen LogP contribution in [0, 0.1) is 0 Å². The molecule has 98 valence electrons. The van der Waals surface area contributed by atoms with Gasteiger partial charge in [0.1, 0.15) is 5.69 Å². The molecule has 0 radical (unpaired) electrons. The van der Waals surface area contributed by atoms with Crippen LogP contribution < -0.4 is 0 Å². The number of benzene rings is 1. The second kappa shape index (κ2) is 5.19. The fourth-order valence-corrected chi connectivity index (χ4v) is 2.47. The second-order valence-corrected chi connectivity index (χ2v) is 5.06. The van der Waals surface area contributed by atoms with Crippen molar-refractivity contribution in [2.45, 2.75) is 0 Å². The van der Waals surface area contributed by atoms with Crippen molar-refractivity contribution in [3.05, 3.63) is 70.2 Å². The first kappa shape index (κ1) is 13.0. The van der Waals surface area contributed by atoms with E-state index in [1.807, 2.05) is 24.3 Å². The van der Waals surface area contributed by atoms with Gasteiger partial charge in [0.15, 0.2) is 0 Å². The number of hydrogen-bond acceptors (Lipinski definition) is 3. The lowest BCUT2D eigenvalue weighted by atomic mass is 10.0. The molecule has 3 nitrogen and oxygen atoms in total. The van der Waals surface area contributed by atoms with Crippen LogP contribution in [0.15, 0.2) is 48.9 Å². The molecule has 3 aromatic rings. The van der Waals surface area contributed by atoms with Gasteiger partial charge < -0.3 is 0 Å². The molecular weight excluding hydrogens is 295 g/mol. The van der Waals surface area contributed by atoms with E-state index >= 15 is 0 Å². The maximum absolute atomic E-state index is 12.6. The Labute approximate surface area is 125 Å². The second-order valence-electron chi connectivity index (χ2n) is 4.22. The average Bonchev–Trinajstić information content (AvgIpc) is 2.46. The summed E-state index contributed by atoms with van der Waals surface area (Å²) in [5.74, 6) is -0.268. The first-order valence-electron chi connectivity index (χ1n) is 5.85. The molecule has 2 heterocycles. The minimum absolute atomic E-state index is 0.175. The van der Waals surface area contributed by atoms with Crippen LogP contribution in [-0.4, -0.2) is 15.8 Å². The number of ketones is 1. The molecule has 2 aromatic heterocycles. The number of pyridine rings is 2. The number of rotatable bonds is 2. The molecule has 0 unspecified atom stereocenters. The van der Waals surface area contributed by atoms with E-state index in [0.717, 1.165) is 10.8 Å². The van der Waals surface area contributed by atoms with Gasteiger partial charge in [-0.25, -0.2) is 4.98 Å². The number of carbonyl (C=O) groups is 1. The van der Waals surface area contributed by atoms with E-state index in [9.17, 15) is 4.79 Å². The minimum Gasteiger partial charge on any atom is -0.287 e. The third-order valence-corrected chi connectivity index (χ3v) is 3.43. The molecule has 0 atom stereocenters. The summed E-state index contributed by atoms with van der Waals surface area (Å²) in [4.78, 5) is 20.7. The monoisotopic (exact) mass is 302 g/mol. The summed E-state index contributed by atoms with van der Waals surface area (Å²) in [6.07, 6.45) is 4.64. The van der Waals surface area contributed by atoms with Gasteiger partial charge in [-0.3, -0.25) is 9.78 Å². The molecule has 0 N–H and O–H groups in total. The van der Waals surface area contributed by atoms with Crippen LogP contribution in [0.4, 0.5) is 0 Å². The molecule has 0 aliphatic rings. The molecular formula is C15H8Cl2N2O. The van der Waals surface area contributed by atoms with Gasteiger partial charge in [0, 0.05) is 24.0 Å². The van der Waals surface area contributed by atoms with Gasteiger partial charge in [-0.2, -0.15) is 0 Å². The van der Waals surface area contributed by atoms with E-state index in [1.165, 1.54) is 18.5 Å². The van der Waals surface area contributed by atoms with Crippen molar-refractivity contribution >= 4 is 39.8 Å². The highest BCUT2D eigenvalue weighted by Crippen LogP contribution is 2.24. The zero-order valence-corrected chi connectivity index (χ0v) is 11.7. The summed E-state index contributed by atoms with van der Waals surface area (Å²) in [5.41, 5.74) is 0.647. The molecule has 3 rings (SSSR count). The topological polar surface area (TPSA) is 42.9 Å². The molecule has 0 bridgehead atoms. The summed E-state index contributed by atoms with van der Waals surface area (Å²) in [6.45, 7) is 0. The van der Waals surface area contributed by atoms with Gasteiger partial charge in [-0.05, 0) is 11.5 Å². The van der Waals surface area contributed by atoms with E-state index in [-0.39, 0.29) is 16.5 Å². The maximum atomic E-state index is 12.6. The van der Waals surface area contributed by atoms with Crippen LogP contribution in [0.1, 0.15) is 16.1 Å². The Bertz CT molecular complexity index is 813. The predicted octanol–water partition coefficient (Wildman–Crippen LogP) is 4.17. The number of carbonyl (C=O) groups excluding carboxylic acids is 1. The molecule has 0 aliphatic carbocycles. The zero-order valence-electron chi connectivity index (χ0n) is 10.2. The normalized spacial score (nSPS) is 10.7. The van der Waals surface area contributed by atoms with Crippen LogP contribution in [-0.2, 0) is 0 Å². The van der Waals surface area contributed by atoms with Crippen LogP contribution in [0.2, 0.25) is 10.0 Å². The number of hydrogen-bond donors (Lipinski definition) is 0. The first-order valence-corrected chi connectivity index (χ1v) is 6.61. The lowest BCUT2D eigenvalue weighted by molar-refractivity contribution is 0.103. The van der Waals surface area contributed by atoms with Gasteiger partial charge in [0.05, 0.1) is 15.6 Å². The Balaban J connectivity index is 2.18. The number of nitrogens with zero attached hydrogens (tertiary/aromatic N) is 2. The highest BCUT2D eigenvalue weighted by molar-refractivity contribution is 6.37. The highest BCUT2D eigenvalue weighted by atomic mass is 35.5. The lowest BCUT2D eigenvalue weighted by Crippen LogP contribution is -2.06. The van der Waals surface area contributed by atoms with E-state index in [1.54, 1.807) is 6.20 Å². The summed E-state index contributed by atoms with van der Waals surface area (Å²) in [5, 5.41) is 2.33. The van der Waals surface area contributed by atoms with Gasteiger partial charge in [0.2, 0.25) is 5.78 Å². The summed E-state index contributed by atoms with van der Waals surface area (Å²) in [7, 11) is 0. The highest BCUT2D eigenvalue weighted by Gasteiger charge is 2.17. The van der Waals surface area contributed by atoms with Crippen molar-refractivity contribution < 1.29 is 4.79 Å². The molecule has 0 spiro atoms. The molecule has 0 fully saturated rings. The quantitative estimate of drug-likeness (QED) is 0.667. The van der Waals surface area contributed by atoms with E-state index < -0.39 is 0 Å². The standard InChI is InChI=1S/C15H8Cl2N2O/c16-10-5-13(17)14(19-7-10)15(20)12-8-18-6-9-3-1-2-4-11(9)12/h1-8H. The predicted molar refractivity (Wildman–Crippen MR) is 79.4 cm³/mol. The van der Waals surface area contributed by atoms with Crippen molar-refractivity contribution in [2.24, 2.45) is 0 Å². The van der Waals surface area contributed by atoms with Crippen molar-refractivity contribution in [3.8, 4) is 0 Å². The maximum Gasteiger partial charge on any atom is 0.215 e. The van der Waals surface area contributed by atoms with Crippen molar-refractivity contribution in [1.29, 1.82) is 0 Å². The van der Waals surface area contributed by atoms with Gasteiger partial charge in [0.25, 0.3) is 0 Å². The molecule has 5 heteroatoms. The van der Waals surface area contributed by atoms with Gasteiger partial charge in [-0.1, -0.05) is 47.5 Å². The Hall–Kier alpha value is -1.97. The molecule has 20 heavy (non-hydrogen) atoms. The SMILES string of the molecule is O=C(c1ncc(Cl)cc1Cl)c1cncc2ccccc12. The van der Waals surface area contributed by atoms with Crippen molar-refractivity contribution in [1.82, 2.24) is 9.97 Å². The number of halogens is 2. The average molecular weight is 303 g/mol. The first-order chi connectivity index (χ1) is 9.66. The van der Waals surface area contributed by atoms with E-state index in [4.69, 9.17) is 23.2 Å². The number of aromatic nitrogens is 2. The Kier molecular flexibility index (Phi) is 3.38. The van der Waals surface area contributed by atoms with Crippen LogP contribution >= 0.6 is 23.2 Å². The van der Waals surface area contributed by atoms with Gasteiger partial charge >= 0.3 is 0 Å². The largest absolute Gasteiger partial charge is 0.287 e. The molecule has 1 aromatic carbocycles. The van der Waals surface area contributed by atoms with Crippen LogP contribution in [0.3, 0.4) is 0 Å². The molecule has 0 saturated heterocycles. The fraction of sp³-hybridized carbons (Fsp3) is 0. The third kappa shape index (κ3) is 2.26. The van der Waals surface area contributed by atoms with E-state index in [2.05, 4.69) is 9.97 Å². The summed E-state index contributed by atoms with van der Waals surface area (Å²) < 4.78 is 0. The fourth-order valence-electron chi connectivity index (χ4n) is 2.01. The van der Waals surface area contributed by atoms with Crippen LogP contribution in [0.25, 0.3) is 10.8 Å². The third-order valence-electron chi connectivity index (χ3n) is 2.94. The zero-order chi connectivity index (χ0) is 14.1. The Morgan fingerprint density at radius 3 is 2.65 bits per heavy atom.